The van der Waals surface area contributed by atoms with Crippen LogP contribution in [0.25, 0.3) is 10.9 Å². The Balaban J connectivity index is 1.61. The maximum atomic E-state index is 12.4. The average Bonchev–Trinajstić information content (AvgIpc) is 3.11. The number of carbonyl (C=O) groups is 1. The van der Waals surface area contributed by atoms with Crippen LogP contribution >= 0.6 is 0 Å². The van der Waals surface area contributed by atoms with Crippen molar-refractivity contribution in [3.8, 4) is 0 Å². The summed E-state index contributed by atoms with van der Waals surface area (Å²) in [6.07, 6.45) is 5.10. The molecule has 5 nitrogen and oxygen atoms in total. The number of aryl methyl sites for hydroxylation is 2. The third-order valence-electron chi connectivity index (χ3n) is 4.45. The lowest BCUT2D eigenvalue weighted by Gasteiger charge is -2.17. The van der Waals surface area contributed by atoms with Crippen LogP contribution in [0, 0.1) is 6.92 Å². The van der Waals surface area contributed by atoms with Crippen molar-refractivity contribution in [1.82, 2.24) is 19.7 Å². The molecule has 120 valence electrons. The van der Waals surface area contributed by atoms with E-state index in [0.717, 1.165) is 23.2 Å². The highest BCUT2D eigenvalue weighted by Gasteiger charge is 2.13. The van der Waals surface area contributed by atoms with Crippen molar-refractivity contribution in [3.63, 3.8) is 0 Å². The van der Waals surface area contributed by atoms with Crippen molar-refractivity contribution in [1.29, 1.82) is 0 Å². The highest BCUT2D eigenvalue weighted by molar-refractivity contribution is 5.84. The number of para-hydroxylation sites is 1. The number of hydrogen-bond donors (Lipinski definition) is 1. The molecule has 0 aliphatic heterocycles. The molecule has 2 aromatic heterocycles. The average molecular weight is 310 g/mol. The monoisotopic (exact) mass is 310 g/mol. The van der Waals surface area contributed by atoms with Gasteiger partial charge in [0.05, 0.1) is 6.20 Å². The third-order valence-corrected chi connectivity index (χ3v) is 4.45. The molecule has 23 heavy (non-hydrogen) atoms. The summed E-state index contributed by atoms with van der Waals surface area (Å²) in [5, 5.41) is 5.42. The molecule has 0 radical (unpaired) electrons. The molecule has 3 rings (SSSR count). The van der Waals surface area contributed by atoms with Crippen molar-refractivity contribution in [2.45, 2.75) is 26.3 Å². The minimum atomic E-state index is 0.151. The Hall–Kier alpha value is -2.56. The van der Waals surface area contributed by atoms with E-state index < -0.39 is 0 Å². The van der Waals surface area contributed by atoms with Gasteiger partial charge in [-0.3, -0.25) is 9.48 Å². The maximum Gasteiger partial charge on any atom is 0.222 e. The van der Waals surface area contributed by atoms with E-state index >= 15 is 0 Å². The molecule has 0 saturated heterocycles. The molecule has 0 aliphatic carbocycles. The molecule has 0 aliphatic rings. The van der Waals surface area contributed by atoms with Gasteiger partial charge in [-0.1, -0.05) is 18.2 Å². The predicted molar refractivity (Wildman–Crippen MR) is 91.0 cm³/mol. The molecule has 0 saturated carbocycles. The largest absolute Gasteiger partial charge is 0.361 e. The molecule has 3 aromatic rings. The fraction of sp³-hybridized carbons (Fsp3) is 0.333. The number of H-pyrrole nitrogens is 1. The summed E-state index contributed by atoms with van der Waals surface area (Å²) in [5.74, 6) is 0.151. The molecule has 0 unspecified atom stereocenters. The van der Waals surface area contributed by atoms with Gasteiger partial charge >= 0.3 is 0 Å². The Kier molecular flexibility index (Phi) is 4.19. The normalized spacial score (nSPS) is 11.1. The number of benzene rings is 1. The fourth-order valence-electron chi connectivity index (χ4n) is 2.81. The van der Waals surface area contributed by atoms with Crippen LogP contribution in [-0.4, -0.2) is 32.6 Å². The Morgan fingerprint density at radius 3 is 2.83 bits per heavy atom. The molecule has 0 bridgehead atoms. The van der Waals surface area contributed by atoms with Gasteiger partial charge in [-0.15, -0.1) is 0 Å². The SMILES string of the molecule is Cc1c(CN(C)C(=O)CCc2c[nH]c3ccccc23)cnn1C. The molecule has 1 aromatic carbocycles. The minimum Gasteiger partial charge on any atom is -0.361 e. The van der Waals surface area contributed by atoms with Gasteiger partial charge in [0, 0.05) is 55.4 Å². The van der Waals surface area contributed by atoms with E-state index in [4.69, 9.17) is 0 Å². The van der Waals surface area contributed by atoms with Crippen LogP contribution in [0.15, 0.2) is 36.7 Å². The molecule has 0 atom stereocenters. The van der Waals surface area contributed by atoms with E-state index in [-0.39, 0.29) is 5.91 Å². The lowest BCUT2D eigenvalue weighted by Crippen LogP contribution is -2.26. The van der Waals surface area contributed by atoms with Crippen LogP contribution in [0.1, 0.15) is 23.2 Å². The third kappa shape index (κ3) is 3.13. The number of hydrogen-bond acceptors (Lipinski definition) is 2. The van der Waals surface area contributed by atoms with E-state index in [0.29, 0.717) is 13.0 Å². The number of aromatic nitrogens is 3. The van der Waals surface area contributed by atoms with Crippen molar-refractivity contribution in [3.05, 3.63) is 53.5 Å². The second-order valence-corrected chi connectivity index (χ2v) is 5.99. The number of carbonyl (C=O) groups excluding carboxylic acids is 1. The summed E-state index contributed by atoms with van der Waals surface area (Å²) in [6.45, 7) is 2.62. The molecule has 1 amide bonds. The van der Waals surface area contributed by atoms with Gasteiger partial charge in [0.1, 0.15) is 0 Å². The second-order valence-electron chi connectivity index (χ2n) is 5.99. The smallest absolute Gasteiger partial charge is 0.222 e. The van der Waals surface area contributed by atoms with Gasteiger partial charge in [0.2, 0.25) is 5.91 Å². The number of nitrogens with one attached hydrogen (secondary N) is 1. The lowest BCUT2D eigenvalue weighted by atomic mass is 10.1. The Labute approximate surface area is 135 Å². The van der Waals surface area contributed by atoms with E-state index in [1.165, 1.54) is 10.9 Å². The van der Waals surface area contributed by atoms with Crippen molar-refractivity contribution >= 4 is 16.8 Å². The Morgan fingerprint density at radius 1 is 1.30 bits per heavy atom. The zero-order chi connectivity index (χ0) is 16.4. The summed E-state index contributed by atoms with van der Waals surface area (Å²) in [7, 11) is 3.77. The molecule has 1 N–H and O–H groups in total. The van der Waals surface area contributed by atoms with Crippen LogP contribution in [0.2, 0.25) is 0 Å². The molecular weight excluding hydrogens is 288 g/mol. The van der Waals surface area contributed by atoms with Crippen molar-refractivity contribution in [2.75, 3.05) is 7.05 Å². The lowest BCUT2D eigenvalue weighted by molar-refractivity contribution is -0.130. The topological polar surface area (TPSA) is 53.9 Å². The van der Waals surface area contributed by atoms with Crippen molar-refractivity contribution < 1.29 is 4.79 Å². The van der Waals surface area contributed by atoms with Crippen LogP contribution in [0.3, 0.4) is 0 Å². The first kappa shape index (κ1) is 15.3. The van der Waals surface area contributed by atoms with E-state index in [1.807, 2.05) is 50.2 Å². The molecule has 5 heteroatoms. The van der Waals surface area contributed by atoms with Gasteiger partial charge in [-0.05, 0) is 25.0 Å². The number of nitrogens with zero attached hydrogens (tertiary/aromatic N) is 3. The quantitative estimate of drug-likeness (QED) is 0.788. The van der Waals surface area contributed by atoms with Gasteiger partial charge in [-0.2, -0.15) is 5.10 Å². The van der Waals surface area contributed by atoms with E-state index in [2.05, 4.69) is 22.2 Å². The van der Waals surface area contributed by atoms with Crippen LogP contribution in [0.5, 0.6) is 0 Å². The summed E-state index contributed by atoms with van der Waals surface area (Å²) in [6, 6.07) is 8.18. The van der Waals surface area contributed by atoms with E-state index in [1.54, 1.807) is 4.90 Å². The predicted octanol–water partition coefficient (Wildman–Crippen LogP) is 2.80. The van der Waals surface area contributed by atoms with Gasteiger partial charge in [0.15, 0.2) is 0 Å². The van der Waals surface area contributed by atoms with Crippen LogP contribution < -0.4 is 0 Å². The van der Waals surface area contributed by atoms with Crippen molar-refractivity contribution in [2.24, 2.45) is 7.05 Å². The molecular formula is C18H22N4O. The number of amides is 1. The summed E-state index contributed by atoms with van der Waals surface area (Å²) in [5.41, 5.74) is 4.51. The molecule has 2 heterocycles. The van der Waals surface area contributed by atoms with E-state index in [9.17, 15) is 4.79 Å². The number of aromatic amines is 1. The first-order valence-corrected chi connectivity index (χ1v) is 7.82. The Bertz CT molecular complexity index is 831. The highest BCUT2D eigenvalue weighted by Crippen LogP contribution is 2.19. The standard InChI is InChI=1S/C18H22N4O/c1-13-15(11-20-22(13)3)12-21(2)18(23)9-8-14-10-19-17-7-5-4-6-16(14)17/h4-7,10-11,19H,8-9,12H2,1-3H3. The number of fused-ring (bicyclic) bond motifs is 1. The number of rotatable bonds is 5. The molecule has 0 spiro atoms. The summed E-state index contributed by atoms with van der Waals surface area (Å²) >= 11 is 0. The Morgan fingerprint density at radius 2 is 2.09 bits per heavy atom. The first-order valence-electron chi connectivity index (χ1n) is 7.82. The van der Waals surface area contributed by atoms with Gasteiger partial charge in [-0.25, -0.2) is 0 Å². The van der Waals surface area contributed by atoms with Crippen LogP contribution in [-0.2, 0) is 24.8 Å². The highest BCUT2D eigenvalue weighted by atomic mass is 16.2. The second kappa shape index (κ2) is 6.28. The van der Waals surface area contributed by atoms with Gasteiger partial charge < -0.3 is 9.88 Å². The zero-order valence-corrected chi connectivity index (χ0v) is 13.8. The minimum absolute atomic E-state index is 0.151. The summed E-state index contributed by atoms with van der Waals surface area (Å²) < 4.78 is 1.83. The molecule has 0 fully saturated rings. The first-order chi connectivity index (χ1) is 11.1. The summed E-state index contributed by atoms with van der Waals surface area (Å²) in [4.78, 5) is 17.4. The van der Waals surface area contributed by atoms with Gasteiger partial charge in [0.25, 0.3) is 0 Å². The zero-order valence-electron chi connectivity index (χ0n) is 13.8. The maximum absolute atomic E-state index is 12.4. The van der Waals surface area contributed by atoms with Crippen LogP contribution in [0.4, 0.5) is 0 Å². The fourth-order valence-corrected chi connectivity index (χ4v) is 2.81.